The van der Waals surface area contributed by atoms with Gasteiger partial charge in [0.1, 0.15) is 9.71 Å². The van der Waals surface area contributed by atoms with Crippen molar-refractivity contribution in [3.63, 3.8) is 0 Å². The standard InChI is InChI=1S/C15H22N4OS/c1-9-5-4-7-19(8-6-9)14(20)13-12(16)11-10(2)17-18(3)15(11)21-13/h9H,4-8,16H2,1-3H3. The van der Waals surface area contributed by atoms with Crippen LogP contribution in [0.2, 0.25) is 0 Å². The Bertz CT molecular complexity index is 687. The Kier molecular flexibility index (Phi) is 3.65. The van der Waals surface area contributed by atoms with E-state index in [1.54, 1.807) is 0 Å². The molecular formula is C15H22N4OS. The van der Waals surface area contributed by atoms with Gasteiger partial charge in [-0.25, -0.2) is 0 Å². The number of anilines is 1. The lowest BCUT2D eigenvalue weighted by Crippen LogP contribution is -2.31. The summed E-state index contributed by atoms with van der Waals surface area (Å²) in [5.74, 6) is 0.788. The van der Waals surface area contributed by atoms with E-state index in [4.69, 9.17) is 5.73 Å². The molecule has 6 heteroatoms. The highest BCUT2D eigenvalue weighted by molar-refractivity contribution is 7.21. The van der Waals surface area contributed by atoms with Crippen molar-refractivity contribution >= 4 is 33.1 Å². The van der Waals surface area contributed by atoms with Crippen LogP contribution >= 0.6 is 11.3 Å². The number of nitrogens with two attached hydrogens (primary N) is 1. The van der Waals surface area contributed by atoms with Gasteiger partial charge in [-0.1, -0.05) is 6.92 Å². The Morgan fingerprint density at radius 2 is 2.14 bits per heavy atom. The van der Waals surface area contributed by atoms with E-state index < -0.39 is 0 Å². The molecule has 2 N–H and O–H groups in total. The molecule has 3 heterocycles. The normalized spacial score (nSPS) is 20.0. The number of fused-ring (bicyclic) bond motifs is 1. The number of nitrogens with zero attached hydrogens (tertiary/aromatic N) is 3. The molecule has 1 fully saturated rings. The summed E-state index contributed by atoms with van der Waals surface area (Å²) in [6.07, 6.45) is 3.37. The van der Waals surface area contributed by atoms with E-state index in [1.807, 2.05) is 23.6 Å². The molecule has 2 aromatic heterocycles. The Balaban J connectivity index is 1.94. The molecule has 0 radical (unpaired) electrons. The van der Waals surface area contributed by atoms with E-state index in [2.05, 4.69) is 12.0 Å². The maximum absolute atomic E-state index is 12.8. The zero-order valence-corrected chi connectivity index (χ0v) is 13.7. The van der Waals surface area contributed by atoms with Gasteiger partial charge in [0.15, 0.2) is 0 Å². The highest BCUT2D eigenvalue weighted by Crippen LogP contribution is 2.36. The maximum Gasteiger partial charge on any atom is 0.266 e. The third kappa shape index (κ3) is 2.41. The molecule has 0 bridgehead atoms. The predicted octanol–water partition coefficient (Wildman–Crippen LogP) is 2.79. The van der Waals surface area contributed by atoms with E-state index in [-0.39, 0.29) is 5.91 Å². The van der Waals surface area contributed by atoms with Crippen molar-refractivity contribution in [2.24, 2.45) is 13.0 Å². The van der Waals surface area contributed by atoms with Crippen LogP contribution in [-0.2, 0) is 7.05 Å². The van der Waals surface area contributed by atoms with Gasteiger partial charge >= 0.3 is 0 Å². The quantitative estimate of drug-likeness (QED) is 0.881. The molecule has 1 amide bonds. The smallest absolute Gasteiger partial charge is 0.266 e. The van der Waals surface area contributed by atoms with Gasteiger partial charge < -0.3 is 10.6 Å². The Morgan fingerprint density at radius 1 is 1.38 bits per heavy atom. The van der Waals surface area contributed by atoms with Crippen LogP contribution in [0, 0.1) is 12.8 Å². The number of aryl methyl sites for hydroxylation is 2. The first-order chi connectivity index (χ1) is 9.99. The van der Waals surface area contributed by atoms with Gasteiger partial charge in [0, 0.05) is 20.1 Å². The minimum absolute atomic E-state index is 0.0854. The molecule has 5 nitrogen and oxygen atoms in total. The SMILES string of the molecule is Cc1nn(C)c2sc(C(=O)N3CCCC(C)CC3)c(N)c12. The van der Waals surface area contributed by atoms with Crippen molar-refractivity contribution in [1.82, 2.24) is 14.7 Å². The fourth-order valence-electron chi connectivity index (χ4n) is 3.10. The molecule has 3 rings (SSSR count). The summed E-state index contributed by atoms with van der Waals surface area (Å²) in [5, 5.41) is 5.31. The number of carbonyl (C=O) groups excluding carboxylic acids is 1. The highest BCUT2D eigenvalue weighted by Gasteiger charge is 2.26. The second kappa shape index (κ2) is 5.33. The molecule has 1 aliphatic heterocycles. The van der Waals surface area contributed by atoms with E-state index in [1.165, 1.54) is 17.8 Å². The van der Waals surface area contributed by atoms with Crippen LogP contribution in [0.25, 0.3) is 10.2 Å². The van der Waals surface area contributed by atoms with Gasteiger partial charge in [-0.05, 0) is 32.1 Å². The molecule has 1 unspecified atom stereocenters. The maximum atomic E-state index is 12.8. The molecule has 0 aromatic carbocycles. The number of amides is 1. The van der Waals surface area contributed by atoms with Crippen LogP contribution in [-0.4, -0.2) is 33.7 Å². The lowest BCUT2D eigenvalue weighted by atomic mass is 10.0. The molecule has 2 aromatic rings. The van der Waals surface area contributed by atoms with Gasteiger partial charge in [-0.15, -0.1) is 11.3 Å². The zero-order valence-electron chi connectivity index (χ0n) is 12.8. The zero-order chi connectivity index (χ0) is 15.1. The first-order valence-corrected chi connectivity index (χ1v) is 8.31. The Morgan fingerprint density at radius 3 is 2.86 bits per heavy atom. The van der Waals surface area contributed by atoms with E-state index in [0.717, 1.165) is 41.8 Å². The second-order valence-electron chi connectivity index (χ2n) is 6.06. The molecule has 0 spiro atoms. The monoisotopic (exact) mass is 306 g/mol. The van der Waals surface area contributed by atoms with Crippen molar-refractivity contribution < 1.29 is 4.79 Å². The molecule has 0 aliphatic carbocycles. The Hall–Kier alpha value is -1.56. The number of likely N-dealkylation sites (tertiary alicyclic amines) is 1. The number of nitrogen functional groups attached to an aromatic ring is 1. The van der Waals surface area contributed by atoms with Crippen molar-refractivity contribution in [3.05, 3.63) is 10.6 Å². The molecule has 1 aliphatic rings. The molecular weight excluding hydrogens is 284 g/mol. The van der Waals surface area contributed by atoms with Crippen LogP contribution in [0.4, 0.5) is 5.69 Å². The summed E-state index contributed by atoms with van der Waals surface area (Å²) in [5.41, 5.74) is 7.73. The topological polar surface area (TPSA) is 64.2 Å². The van der Waals surface area contributed by atoms with Crippen molar-refractivity contribution in [2.45, 2.75) is 33.1 Å². The van der Waals surface area contributed by atoms with E-state index in [0.29, 0.717) is 16.5 Å². The summed E-state index contributed by atoms with van der Waals surface area (Å²) in [6, 6.07) is 0. The summed E-state index contributed by atoms with van der Waals surface area (Å²) < 4.78 is 1.81. The fraction of sp³-hybridized carbons (Fsp3) is 0.600. The second-order valence-corrected chi connectivity index (χ2v) is 7.06. The summed E-state index contributed by atoms with van der Waals surface area (Å²) in [7, 11) is 1.90. The lowest BCUT2D eigenvalue weighted by Gasteiger charge is -2.20. The Labute approximate surface area is 128 Å². The van der Waals surface area contributed by atoms with Crippen LogP contribution in [0.15, 0.2) is 0 Å². The predicted molar refractivity (Wildman–Crippen MR) is 86.7 cm³/mol. The van der Waals surface area contributed by atoms with Gasteiger partial charge in [0.2, 0.25) is 0 Å². The molecule has 1 atom stereocenters. The summed E-state index contributed by atoms with van der Waals surface area (Å²) in [6.45, 7) is 5.88. The van der Waals surface area contributed by atoms with E-state index in [9.17, 15) is 4.79 Å². The van der Waals surface area contributed by atoms with Gasteiger partial charge in [-0.3, -0.25) is 9.48 Å². The van der Waals surface area contributed by atoms with Crippen molar-refractivity contribution in [3.8, 4) is 0 Å². The number of carbonyl (C=O) groups is 1. The number of hydrogen-bond acceptors (Lipinski definition) is 4. The minimum atomic E-state index is 0.0854. The largest absolute Gasteiger partial charge is 0.397 e. The van der Waals surface area contributed by atoms with Gasteiger partial charge in [0.05, 0.1) is 16.8 Å². The average Bonchev–Trinajstić information content (AvgIpc) is 2.82. The van der Waals surface area contributed by atoms with Crippen LogP contribution in [0.1, 0.15) is 41.6 Å². The van der Waals surface area contributed by atoms with E-state index >= 15 is 0 Å². The average molecular weight is 306 g/mol. The van der Waals surface area contributed by atoms with Crippen LogP contribution < -0.4 is 5.73 Å². The summed E-state index contributed by atoms with van der Waals surface area (Å²) >= 11 is 1.46. The molecule has 0 saturated carbocycles. The number of hydrogen-bond donors (Lipinski definition) is 1. The van der Waals surface area contributed by atoms with Gasteiger partial charge in [0.25, 0.3) is 5.91 Å². The van der Waals surface area contributed by atoms with Crippen molar-refractivity contribution in [1.29, 1.82) is 0 Å². The minimum Gasteiger partial charge on any atom is -0.397 e. The number of rotatable bonds is 1. The lowest BCUT2D eigenvalue weighted by molar-refractivity contribution is 0.0766. The summed E-state index contributed by atoms with van der Waals surface area (Å²) in [4.78, 5) is 16.4. The molecule has 21 heavy (non-hydrogen) atoms. The number of thiophene rings is 1. The van der Waals surface area contributed by atoms with Crippen LogP contribution in [0.5, 0.6) is 0 Å². The number of aromatic nitrogens is 2. The van der Waals surface area contributed by atoms with Gasteiger partial charge in [-0.2, -0.15) is 5.10 Å². The fourth-order valence-corrected chi connectivity index (χ4v) is 4.25. The third-order valence-corrected chi connectivity index (χ3v) is 5.64. The van der Waals surface area contributed by atoms with Crippen LogP contribution in [0.3, 0.4) is 0 Å². The highest BCUT2D eigenvalue weighted by atomic mass is 32.1. The first-order valence-electron chi connectivity index (χ1n) is 7.50. The molecule has 1 saturated heterocycles. The van der Waals surface area contributed by atoms with Crippen molar-refractivity contribution in [2.75, 3.05) is 18.8 Å². The molecule has 114 valence electrons. The first kappa shape index (κ1) is 14.4. The third-order valence-electron chi connectivity index (χ3n) is 4.38.